The summed E-state index contributed by atoms with van der Waals surface area (Å²) in [4.78, 5) is 0. The molecule has 1 atom stereocenters. The highest BCUT2D eigenvalue weighted by Crippen LogP contribution is 2.25. The SMILES string of the molecule is CCOc1ccccc1C(C)NCc1cn(C)nc1CC. The highest BCUT2D eigenvalue weighted by atomic mass is 16.5. The van der Waals surface area contributed by atoms with E-state index in [1.165, 1.54) is 11.1 Å². The van der Waals surface area contributed by atoms with Gasteiger partial charge >= 0.3 is 0 Å². The lowest BCUT2D eigenvalue weighted by molar-refractivity contribution is 0.332. The van der Waals surface area contributed by atoms with E-state index in [9.17, 15) is 0 Å². The van der Waals surface area contributed by atoms with Crippen LogP contribution in [-0.4, -0.2) is 16.4 Å². The van der Waals surface area contributed by atoms with E-state index in [0.717, 1.165) is 24.4 Å². The van der Waals surface area contributed by atoms with Crippen LogP contribution in [0.4, 0.5) is 0 Å². The van der Waals surface area contributed by atoms with E-state index >= 15 is 0 Å². The molecule has 0 spiro atoms. The Hall–Kier alpha value is -1.81. The first-order valence-electron chi connectivity index (χ1n) is 7.62. The van der Waals surface area contributed by atoms with Crippen molar-refractivity contribution in [3.05, 3.63) is 47.3 Å². The van der Waals surface area contributed by atoms with Gasteiger partial charge in [0, 0.05) is 37.0 Å². The Morgan fingerprint density at radius 2 is 2.05 bits per heavy atom. The third-order valence-corrected chi connectivity index (χ3v) is 3.61. The van der Waals surface area contributed by atoms with E-state index in [1.54, 1.807) is 0 Å². The molecule has 0 aliphatic heterocycles. The van der Waals surface area contributed by atoms with E-state index in [0.29, 0.717) is 6.61 Å². The minimum atomic E-state index is 0.234. The molecule has 0 aliphatic rings. The first-order chi connectivity index (χ1) is 10.2. The summed E-state index contributed by atoms with van der Waals surface area (Å²) < 4.78 is 7.59. The zero-order valence-electron chi connectivity index (χ0n) is 13.4. The molecular formula is C17H25N3O. The molecule has 0 fully saturated rings. The highest BCUT2D eigenvalue weighted by Gasteiger charge is 2.12. The van der Waals surface area contributed by atoms with Gasteiger partial charge in [0.15, 0.2) is 0 Å². The molecule has 1 heterocycles. The van der Waals surface area contributed by atoms with Gasteiger partial charge in [-0.15, -0.1) is 0 Å². The van der Waals surface area contributed by atoms with Crippen LogP contribution in [0.3, 0.4) is 0 Å². The Bertz CT molecular complexity index is 577. The van der Waals surface area contributed by atoms with Crippen LogP contribution < -0.4 is 10.1 Å². The Labute approximate surface area is 127 Å². The summed E-state index contributed by atoms with van der Waals surface area (Å²) in [5.74, 6) is 0.960. The van der Waals surface area contributed by atoms with Crippen molar-refractivity contribution in [2.24, 2.45) is 7.05 Å². The molecule has 114 valence electrons. The number of benzene rings is 1. The van der Waals surface area contributed by atoms with Gasteiger partial charge in [-0.25, -0.2) is 0 Å². The maximum Gasteiger partial charge on any atom is 0.124 e. The molecule has 1 N–H and O–H groups in total. The molecule has 2 aromatic rings. The van der Waals surface area contributed by atoms with Crippen molar-refractivity contribution >= 4 is 0 Å². The fourth-order valence-corrected chi connectivity index (χ4v) is 2.53. The standard InChI is InChI=1S/C17H25N3O/c1-5-16-14(12-20(4)19-16)11-18-13(3)15-9-7-8-10-17(15)21-6-2/h7-10,12-13,18H,5-6,11H2,1-4H3. The number of aryl methyl sites for hydroxylation is 2. The molecule has 1 aromatic carbocycles. The van der Waals surface area contributed by atoms with Crippen LogP contribution >= 0.6 is 0 Å². The van der Waals surface area contributed by atoms with Gasteiger partial charge in [0.05, 0.1) is 12.3 Å². The summed E-state index contributed by atoms with van der Waals surface area (Å²) in [5.41, 5.74) is 3.62. The molecule has 2 rings (SSSR count). The molecule has 0 saturated carbocycles. The number of hydrogen-bond donors (Lipinski definition) is 1. The summed E-state index contributed by atoms with van der Waals surface area (Å²) in [6, 6.07) is 8.44. The molecule has 0 radical (unpaired) electrons. The Morgan fingerprint density at radius 3 is 2.76 bits per heavy atom. The maximum atomic E-state index is 5.70. The fraction of sp³-hybridized carbons (Fsp3) is 0.471. The minimum Gasteiger partial charge on any atom is -0.494 e. The second-order valence-electron chi connectivity index (χ2n) is 5.20. The average molecular weight is 287 g/mol. The van der Waals surface area contributed by atoms with Crippen molar-refractivity contribution < 1.29 is 4.74 Å². The molecule has 0 amide bonds. The second-order valence-corrected chi connectivity index (χ2v) is 5.20. The minimum absolute atomic E-state index is 0.234. The van der Waals surface area contributed by atoms with Crippen molar-refractivity contribution in [3.63, 3.8) is 0 Å². The Morgan fingerprint density at radius 1 is 1.29 bits per heavy atom. The number of ether oxygens (including phenoxy) is 1. The Kier molecular flexibility index (Phi) is 5.39. The zero-order valence-corrected chi connectivity index (χ0v) is 13.4. The lowest BCUT2D eigenvalue weighted by Crippen LogP contribution is -2.19. The predicted octanol–water partition coefficient (Wildman–Crippen LogP) is 3.23. The van der Waals surface area contributed by atoms with Gasteiger partial charge in [-0.2, -0.15) is 5.10 Å². The normalized spacial score (nSPS) is 12.4. The number of para-hydroxylation sites is 1. The Balaban J connectivity index is 2.06. The van der Waals surface area contributed by atoms with Crippen LogP contribution in [0, 0.1) is 0 Å². The van der Waals surface area contributed by atoms with Crippen molar-refractivity contribution in [2.45, 2.75) is 39.8 Å². The van der Waals surface area contributed by atoms with Crippen LogP contribution in [0.1, 0.15) is 43.6 Å². The molecule has 0 aliphatic carbocycles. The topological polar surface area (TPSA) is 39.1 Å². The van der Waals surface area contributed by atoms with E-state index < -0.39 is 0 Å². The lowest BCUT2D eigenvalue weighted by atomic mass is 10.1. The van der Waals surface area contributed by atoms with Gasteiger partial charge in [0.1, 0.15) is 5.75 Å². The average Bonchev–Trinajstić information content (AvgIpc) is 2.86. The summed E-state index contributed by atoms with van der Waals surface area (Å²) in [6.45, 7) is 7.82. The number of nitrogens with zero attached hydrogens (tertiary/aromatic N) is 2. The lowest BCUT2D eigenvalue weighted by Gasteiger charge is -2.18. The molecular weight excluding hydrogens is 262 g/mol. The first kappa shape index (κ1) is 15.6. The summed E-state index contributed by atoms with van der Waals surface area (Å²) >= 11 is 0. The maximum absolute atomic E-state index is 5.70. The number of aromatic nitrogens is 2. The third-order valence-electron chi connectivity index (χ3n) is 3.61. The zero-order chi connectivity index (χ0) is 15.2. The van der Waals surface area contributed by atoms with Crippen LogP contribution in [-0.2, 0) is 20.0 Å². The van der Waals surface area contributed by atoms with Crippen LogP contribution in [0.2, 0.25) is 0 Å². The van der Waals surface area contributed by atoms with Crippen LogP contribution in [0.5, 0.6) is 5.75 Å². The molecule has 0 bridgehead atoms. The van der Waals surface area contributed by atoms with Crippen molar-refractivity contribution in [1.29, 1.82) is 0 Å². The van der Waals surface area contributed by atoms with Gasteiger partial charge in [-0.1, -0.05) is 25.1 Å². The van der Waals surface area contributed by atoms with Gasteiger partial charge in [-0.05, 0) is 26.3 Å². The van der Waals surface area contributed by atoms with E-state index in [4.69, 9.17) is 4.74 Å². The molecule has 0 saturated heterocycles. The molecule has 1 aromatic heterocycles. The van der Waals surface area contributed by atoms with E-state index in [2.05, 4.69) is 42.6 Å². The molecule has 1 unspecified atom stereocenters. The number of rotatable bonds is 7. The van der Waals surface area contributed by atoms with Crippen LogP contribution in [0.25, 0.3) is 0 Å². The van der Waals surface area contributed by atoms with E-state index in [1.807, 2.05) is 30.8 Å². The van der Waals surface area contributed by atoms with Crippen molar-refractivity contribution in [2.75, 3.05) is 6.61 Å². The van der Waals surface area contributed by atoms with Gasteiger partial charge in [-0.3, -0.25) is 4.68 Å². The van der Waals surface area contributed by atoms with E-state index in [-0.39, 0.29) is 6.04 Å². The highest BCUT2D eigenvalue weighted by molar-refractivity contribution is 5.35. The summed E-state index contributed by atoms with van der Waals surface area (Å²) in [6.07, 6.45) is 3.05. The monoisotopic (exact) mass is 287 g/mol. The smallest absolute Gasteiger partial charge is 0.124 e. The summed E-state index contributed by atoms with van der Waals surface area (Å²) in [5, 5.41) is 8.05. The molecule has 21 heavy (non-hydrogen) atoms. The van der Waals surface area contributed by atoms with Crippen LogP contribution in [0.15, 0.2) is 30.5 Å². The molecule has 4 nitrogen and oxygen atoms in total. The number of nitrogens with one attached hydrogen (secondary N) is 1. The predicted molar refractivity (Wildman–Crippen MR) is 85.5 cm³/mol. The third kappa shape index (κ3) is 3.85. The summed E-state index contributed by atoms with van der Waals surface area (Å²) in [7, 11) is 1.97. The van der Waals surface area contributed by atoms with Gasteiger partial charge in [0.25, 0.3) is 0 Å². The largest absolute Gasteiger partial charge is 0.494 e. The van der Waals surface area contributed by atoms with Gasteiger partial charge < -0.3 is 10.1 Å². The number of hydrogen-bond acceptors (Lipinski definition) is 3. The first-order valence-corrected chi connectivity index (χ1v) is 7.62. The second kappa shape index (κ2) is 7.27. The molecule has 4 heteroatoms. The quantitative estimate of drug-likeness (QED) is 0.849. The van der Waals surface area contributed by atoms with Gasteiger partial charge in [0.2, 0.25) is 0 Å². The van der Waals surface area contributed by atoms with Crippen molar-refractivity contribution in [3.8, 4) is 5.75 Å². The van der Waals surface area contributed by atoms with Crippen molar-refractivity contribution in [1.82, 2.24) is 15.1 Å². The fourth-order valence-electron chi connectivity index (χ4n) is 2.53.